The van der Waals surface area contributed by atoms with Gasteiger partial charge in [-0.2, -0.15) is 0 Å². The molecule has 1 atom stereocenters. The average Bonchev–Trinajstić information content (AvgIpc) is 3.17. The Morgan fingerprint density at radius 1 is 1.33 bits per heavy atom. The number of hydrogen-bond donors (Lipinski definition) is 1. The predicted octanol–water partition coefficient (Wildman–Crippen LogP) is 3.31. The van der Waals surface area contributed by atoms with E-state index in [0.29, 0.717) is 5.92 Å². The van der Waals surface area contributed by atoms with Crippen LogP contribution in [0, 0.1) is 12.8 Å². The van der Waals surface area contributed by atoms with E-state index in [9.17, 15) is 4.79 Å². The highest BCUT2D eigenvalue weighted by Crippen LogP contribution is 2.23. The van der Waals surface area contributed by atoms with Gasteiger partial charge in [0.15, 0.2) is 0 Å². The molecule has 0 aliphatic carbocycles. The smallest absolute Gasteiger partial charge is 0.261 e. The maximum Gasteiger partial charge on any atom is 0.261 e. The molecule has 21 heavy (non-hydrogen) atoms. The molecule has 4 heteroatoms. The minimum atomic E-state index is 0.0544. The van der Waals surface area contributed by atoms with Gasteiger partial charge in [0, 0.05) is 25.3 Å². The van der Waals surface area contributed by atoms with Gasteiger partial charge in [0.05, 0.1) is 4.88 Å². The summed E-state index contributed by atoms with van der Waals surface area (Å²) in [6.07, 6.45) is 1.14. The second-order valence-electron chi connectivity index (χ2n) is 5.62. The highest BCUT2D eigenvalue weighted by Gasteiger charge is 2.23. The van der Waals surface area contributed by atoms with Gasteiger partial charge in [0.25, 0.3) is 5.91 Å². The number of anilines is 1. The van der Waals surface area contributed by atoms with Gasteiger partial charge in [0.1, 0.15) is 0 Å². The lowest BCUT2D eigenvalue weighted by molar-refractivity contribution is 0.0952. The van der Waals surface area contributed by atoms with E-state index < -0.39 is 0 Å². The van der Waals surface area contributed by atoms with E-state index in [1.807, 2.05) is 17.5 Å². The highest BCUT2D eigenvalue weighted by molar-refractivity contribution is 7.12. The van der Waals surface area contributed by atoms with Crippen molar-refractivity contribution in [2.24, 2.45) is 5.92 Å². The number of nitrogens with one attached hydrogen (secondary N) is 1. The van der Waals surface area contributed by atoms with Crippen molar-refractivity contribution in [3.05, 3.63) is 52.2 Å². The zero-order valence-corrected chi connectivity index (χ0v) is 13.0. The Bertz CT molecular complexity index is 592. The van der Waals surface area contributed by atoms with Crippen LogP contribution in [0.25, 0.3) is 0 Å². The van der Waals surface area contributed by atoms with Crippen molar-refractivity contribution in [2.75, 3.05) is 24.5 Å². The number of carbonyl (C=O) groups is 1. The molecule has 2 aromatic rings. The third-order valence-electron chi connectivity index (χ3n) is 3.98. The molecule has 0 saturated carbocycles. The number of carbonyl (C=O) groups excluding carboxylic acids is 1. The van der Waals surface area contributed by atoms with E-state index in [1.165, 1.54) is 22.6 Å². The molecule has 0 bridgehead atoms. The van der Waals surface area contributed by atoms with Gasteiger partial charge < -0.3 is 10.2 Å². The molecule has 1 amide bonds. The lowest BCUT2D eigenvalue weighted by atomic mass is 10.1. The molecule has 1 aliphatic heterocycles. The molecule has 1 aromatic heterocycles. The van der Waals surface area contributed by atoms with Gasteiger partial charge in [-0.3, -0.25) is 4.79 Å². The Morgan fingerprint density at radius 3 is 2.86 bits per heavy atom. The molecule has 3 nitrogen and oxygen atoms in total. The van der Waals surface area contributed by atoms with Crippen LogP contribution in [0.5, 0.6) is 0 Å². The van der Waals surface area contributed by atoms with Crippen molar-refractivity contribution in [2.45, 2.75) is 13.3 Å². The molecule has 1 N–H and O–H groups in total. The fourth-order valence-electron chi connectivity index (χ4n) is 2.72. The van der Waals surface area contributed by atoms with Crippen LogP contribution in [0.15, 0.2) is 41.8 Å². The average molecular weight is 300 g/mol. The number of amides is 1. The van der Waals surface area contributed by atoms with Crippen molar-refractivity contribution in [3.63, 3.8) is 0 Å². The van der Waals surface area contributed by atoms with E-state index in [-0.39, 0.29) is 5.91 Å². The summed E-state index contributed by atoms with van der Waals surface area (Å²) in [5.41, 5.74) is 2.57. The number of nitrogens with zero attached hydrogens (tertiary/aromatic N) is 1. The van der Waals surface area contributed by atoms with Crippen LogP contribution < -0.4 is 10.2 Å². The third-order valence-corrected chi connectivity index (χ3v) is 4.85. The Morgan fingerprint density at radius 2 is 2.14 bits per heavy atom. The Kier molecular flexibility index (Phi) is 4.25. The van der Waals surface area contributed by atoms with E-state index in [4.69, 9.17) is 0 Å². The van der Waals surface area contributed by atoms with Crippen molar-refractivity contribution in [1.82, 2.24) is 5.32 Å². The number of aryl methyl sites for hydroxylation is 1. The van der Waals surface area contributed by atoms with Crippen molar-refractivity contribution in [3.8, 4) is 0 Å². The topological polar surface area (TPSA) is 32.3 Å². The molecule has 1 fully saturated rings. The second kappa shape index (κ2) is 6.31. The number of rotatable bonds is 4. The van der Waals surface area contributed by atoms with E-state index in [0.717, 1.165) is 30.9 Å². The maximum absolute atomic E-state index is 11.9. The zero-order valence-electron chi connectivity index (χ0n) is 12.2. The molecule has 1 unspecified atom stereocenters. The first kappa shape index (κ1) is 14.1. The summed E-state index contributed by atoms with van der Waals surface area (Å²) in [6, 6.07) is 12.5. The van der Waals surface area contributed by atoms with Gasteiger partial charge in [0.2, 0.25) is 0 Å². The Hall–Kier alpha value is -1.81. The normalized spacial score (nSPS) is 18.0. The first-order valence-corrected chi connectivity index (χ1v) is 8.23. The molecule has 110 valence electrons. The van der Waals surface area contributed by atoms with Gasteiger partial charge in [-0.15, -0.1) is 11.3 Å². The summed E-state index contributed by atoms with van der Waals surface area (Å²) in [7, 11) is 0. The third kappa shape index (κ3) is 3.45. The number of hydrogen-bond acceptors (Lipinski definition) is 3. The van der Waals surface area contributed by atoms with E-state index in [1.54, 1.807) is 0 Å². The molecule has 1 saturated heterocycles. The van der Waals surface area contributed by atoms with Crippen LogP contribution in [0.4, 0.5) is 5.69 Å². The molecule has 1 aromatic carbocycles. The lowest BCUT2D eigenvalue weighted by Crippen LogP contribution is -2.30. The van der Waals surface area contributed by atoms with Gasteiger partial charge in [-0.25, -0.2) is 0 Å². The van der Waals surface area contributed by atoms with Gasteiger partial charge >= 0.3 is 0 Å². The van der Waals surface area contributed by atoms with Crippen LogP contribution in [-0.4, -0.2) is 25.5 Å². The fraction of sp³-hybridized carbons (Fsp3) is 0.353. The summed E-state index contributed by atoms with van der Waals surface area (Å²) in [4.78, 5) is 15.1. The standard InChI is InChI=1S/C17H20N2OS/c1-13-4-6-15(7-5-13)19-9-8-14(12-19)11-18-17(20)16-3-2-10-21-16/h2-7,10,14H,8-9,11-12H2,1H3,(H,18,20). The van der Waals surface area contributed by atoms with Crippen molar-refractivity contribution < 1.29 is 4.79 Å². The first-order valence-electron chi connectivity index (χ1n) is 7.36. The fourth-order valence-corrected chi connectivity index (χ4v) is 3.36. The Balaban J connectivity index is 1.51. The number of thiophene rings is 1. The summed E-state index contributed by atoms with van der Waals surface area (Å²) in [5.74, 6) is 0.592. The molecule has 0 radical (unpaired) electrons. The quantitative estimate of drug-likeness (QED) is 0.939. The van der Waals surface area contributed by atoms with Crippen molar-refractivity contribution in [1.29, 1.82) is 0 Å². The number of benzene rings is 1. The van der Waals surface area contributed by atoms with E-state index >= 15 is 0 Å². The van der Waals surface area contributed by atoms with E-state index in [2.05, 4.69) is 41.4 Å². The summed E-state index contributed by atoms with van der Waals surface area (Å²) < 4.78 is 0. The minimum Gasteiger partial charge on any atom is -0.371 e. The molecular formula is C17H20N2OS. The van der Waals surface area contributed by atoms with Crippen LogP contribution in [0.3, 0.4) is 0 Å². The van der Waals surface area contributed by atoms with Crippen LogP contribution in [0.1, 0.15) is 21.7 Å². The largest absolute Gasteiger partial charge is 0.371 e. The molecular weight excluding hydrogens is 280 g/mol. The second-order valence-corrected chi connectivity index (χ2v) is 6.57. The minimum absolute atomic E-state index is 0.0544. The molecule has 1 aliphatic rings. The summed E-state index contributed by atoms with van der Waals surface area (Å²) in [6.45, 7) is 4.96. The van der Waals surface area contributed by atoms with Gasteiger partial charge in [-0.1, -0.05) is 23.8 Å². The highest BCUT2D eigenvalue weighted by atomic mass is 32.1. The lowest BCUT2D eigenvalue weighted by Gasteiger charge is -2.19. The predicted molar refractivity (Wildman–Crippen MR) is 88.2 cm³/mol. The summed E-state index contributed by atoms with van der Waals surface area (Å²) >= 11 is 1.49. The van der Waals surface area contributed by atoms with Crippen LogP contribution in [0.2, 0.25) is 0 Å². The zero-order chi connectivity index (χ0) is 14.7. The molecule has 2 heterocycles. The van der Waals surface area contributed by atoms with Crippen LogP contribution >= 0.6 is 11.3 Å². The van der Waals surface area contributed by atoms with Crippen LogP contribution in [-0.2, 0) is 0 Å². The SMILES string of the molecule is Cc1ccc(N2CCC(CNC(=O)c3cccs3)C2)cc1. The van der Waals surface area contributed by atoms with Gasteiger partial charge in [-0.05, 0) is 42.8 Å². The first-order chi connectivity index (χ1) is 10.2. The summed E-state index contributed by atoms with van der Waals surface area (Å²) in [5, 5.41) is 4.99. The maximum atomic E-state index is 11.9. The molecule has 0 spiro atoms. The Labute approximate surface area is 129 Å². The van der Waals surface area contributed by atoms with Crippen molar-refractivity contribution >= 4 is 22.9 Å². The monoisotopic (exact) mass is 300 g/mol. The molecule has 3 rings (SSSR count).